The van der Waals surface area contributed by atoms with Crippen LogP contribution in [0.3, 0.4) is 0 Å². The van der Waals surface area contributed by atoms with Crippen LogP contribution in [-0.4, -0.2) is 24.5 Å². The summed E-state index contributed by atoms with van der Waals surface area (Å²) in [4.78, 5) is 2.61. The van der Waals surface area contributed by atoms with Gasteiger partial charge in [0.1, 0.15) is 0 Å². The highest BCUT2D eigenvalue weighted by Crippen LogP contribution is 2.29. The van der Waals surface area contributed by atoms with Crippen molar-refractivity contribution < 1.29 is 0 Å². The van der Waals surface area contributed by atoms with E-state index in [1.54, 1.807) is 0 Å². The Kier molecular flexibility index (Phi) is 5.00. The maximum atomic E-state index is 3.39. The Morgan fingerprint density at radius 2 is 2.05 bits per heavy atom. The minimum atomic E-state index is 0.486. The molecule has 1 aromatic rings. The number of likely N-dealkylation sites (tertiary alicyclic amines) is 1. The molecule has 1 aromatic carbocycles. The third kappa shape index (κ3) is 4.63. The van der Waals surface area contributed by atoms with Gasteiger partial charge in [-0.3, -0.25) is 4.90 Å². The molecule has 1 fully saturated rings. The second kappa shape index (κ2) is 6.53. The van der Waals surface area contributed by atoms with Gasteiger partial charge in [-0.1, -0.05) is 45.0 Å². The van der Waals surface area contributed by atoms with Gasteiger partial charge in [0.2, 0.25) is 0 Å². The highest BCUT2D eigenvalue weighted by atomic mass is 15.1. The van der Waals surface area contributed by atoms with Crippen molar-refractivity contribution in [2.24, 2.45) is 5.41 Å². The minimum absolute atomic E-state index is 0.486. The summed E-state index contributed by atoms with van der Waals surface area (Å²) in [6.07, 6.45) is 2.70. The van der Waals surface area contributed by atoms with Crippen molar-refractivity contribution in [1.29, 1.82) is 0 Å². The maximum absolute atomic E-state index is 3.39. The SMILES string of the molecule is CCNCc1cccc(CN2CCCC(C)(C)C2)c1. The smallest absolute Gasteiger partial charge is 0.0234 e. The Bertz CT molecular complexity index is 398. The van der Waals surface area contributed by atoms with Gasteiger partial charge in [0, 0.05) is 19.6 Å². The molecule has 0 spiro atoms. The molecule has 1 aliphatic rings. The van der Waals surface area contributed by atoms with E-state index in [9.17, 15) is 0 Å². The van der Waals surface area contributed by atoms with E-state index >= 15 is 0 Å². The zero-order valence-corrected chi connectivity index (χ0v) is 12.7. The van der Waals surface area contributed by atoms with E-state index < -0.39 is 0 Å². The van der Waals surface area contributed by atoms with Gasteiger partial charge in [0.25, 0.3) is 0 Å². The average molecular weight is 260 g/mol. The summed E-state index contributed by atoms with van der Waals surface area (Å²) in [6, 6.07) is 9.02. The molecule has 2 heteroatoms. The molecule has 0 unspecified atom stereocenters. The fraction of sp³-hybridized carbons (Fsp3) is 0.647. The van der Waals surface area contributed by atoms with Crippen LogP contribution in [0.2, 0.25) is 0 Å². The van der Waals surface area contributed by atoms with Crippen LogP contribution in [0.15, 0.2) is 24.3 Å². The Hall–Kier alpha value is -0.860. The summed E-state index contributed by atoms with van der Waals surface area (Å²) in [7, 11) is 0. The van der Waals surface area contributed by atoms with Crippen molar-refractivity contribution in [2.75, 3.05) is 19.6 Å². The summed E-state index contributed by atoms with van der Waals surface area (Å²) in [5, 5.41) is 3.39. The third-order valence-corrected chi connectivity index (χ3v) is 3.96. The Morgan fingerprint density at radius 3 is 2.79 bits per heavy atom. The van der Waals surface area contributed by atoms with Crippen LogP contribution < -0.4 is 5.32 Å². The normalized spacial score (nSPS) is 19.5. The van der Waals surface area contributed by atoms with Crippen LogP contribution in [0, 0.1) is 5.41 Å². The second-order valence-electron chi connectivity index (χ2n) is 6.58. The lowest BCUT2D eigenvalue weighted by Gasteiger charge is -2.38. The summed E-state index contributed by atoms with van der Waals surface area (Å²) in [6.45, 7) is 12.5. The van der Waals surface area contributed by atoms with Crippen molar-refractivity contribution in [1.82, 2.24) is 10.2 Å². The molecular weight excluding hydrogens is 232 g/mol. The highest BCUT2D eigenvalue weighted by Gasteiger charge is 2.26. The second-order valence-corrected chi connectivity index (χ2v) is 6.58. The lowest BCUT2D eigenvalue weighted by Crippen LogP contribution is -2.39. The van der Waals surface area contributed by atoms with Crippen LogP contribution in [0.25, 0.3) is 0 Å². The average Bonchev–Trinajstić information content (AvgIpc) is 2.35. The number of nitrogens with zero attached hydrogens (tertiary/aromatic N) is 1. The topological polar surface area (TPSA) is 15.3 Å². The molecule has 19 heavy (non-hydrogen) atoms. The van der Waals surface area contributed by atoms with E-state index in [0.29, 0.717) is 5.41 Å². The summed E-state index contributed by atoms with van der Waals surface area (Å²) in [5.41, 5.74) is 3.34. The van der Waals surface area contributed by atoms with E-state index in [1.165, 1.54) is 37.1 Å². The largest absolute Gasteiger partial charge is 0.313 e. The predicted octanol–water partition coefficient (Wildman–Crippen LogP) is 3.42. The number of benzene rings is 1. The number of rotatable bonds is 5. The summed E-state index contributed by atoms with van der Waals surface area (Å²) < 4.78 is 0. The number of piperidine rings is 1. The van der Waals surface area contributed by atoms with Gasteiger partial charge in [0.05, 0.1) is 0 Å². The molecule has 0 radical (unpaired) electrons. The van der Waals surface area contributed by atoms with Gasteiger partial charge in [0.15, 0.2) is 0 Å². The third-order valence-electron chi connectivity index (χ3n) is 3.96. The zero-order chi connectivity index (χ0) is 13.7. The van der Waals surface area contributed by atoms with E-state index in [4.69, 9.17) is 0 Å². The van der Waals surface area contributed by atoms with Crippen molar-refractivity contribution in [2.45, 2.75) is 46.7 Å². The number of hydrogen-bond acceptors (Lipinski definition) is 2. The van der Waals surface area contributed by atoms with Crippen molar-refractivity contribution in [3.8, 4) is 0 Å². The first-order valence-corrected chi connectivity index (χ1v) is 7.60. The molecule has 0 aliphatic carbocycles. The van der Waals surface area contributed by atoms with Gasteiger partial charge in [-0.2, -0.15) is 0 Å². The zero-order valence-electron chi connectivity index (χ0n) is 12.7. The molecule has 0 saturated carbocycles. The van der Waals surface area contributed by atoms with E-state index in [0.717, 1.165) is 19.6 Å². The highest BCUT2D eigenvalue weighted by molar-refractivity contribution is 5.23. The van der Waals surface area contributed by atoms with Crippen molar-refractivity contribution in [3.05, 3.63) is 35.4 Å². The van der Waals surface area contributed by atoms with Crippen LogP contribution in [0.4, 0.5) is 0 Å². The van der Waals surface area contributed by atoms with Gasteiger partial charge >= 0.3 is 0 Å². The summed E-state index contributed by atoms with van der Waals surface area (Å²) >= 11 is 0. The maximum Gasteiger partial charge on any atom is 0.0234 e. The van der Waals surface area contributed by atoms with E-state index in [-0.39, 0.29) is 0 Å². The fourth-order valence-corrected chi connectivity index (χ4v) is 3.05. The molecular formula is C17H28N2. The van der Waals surface area contributed by atoms with Crippen LogP contribution in [-0.2, 0) is 13.1 Å². The first-order chi connectivity index (χ1) is 9.09. The van der Waals surface area contributed by atoms with Gasteiger partial charge in [-0.15, -0.1) is 0 Å². The standard InChI is InChI=1S/C17H28N2/c1-4-18-12-15-7-5-8-16(11-15)13-19-10-6-9-17(2,3)14-19/h5,7-8,11,18H,4,6,9-10,12-14H2,1-3H3. The Labute approximate surface area is 118 Å². The van der Waals surface area contributed by atoms with E-state index in [2.05, 4.69) is 55.3 Å². The lowest BCUT2D eigenvalue weighted by molar-refractivity contribution is 0.111. The molecule has 1 heterocycles. The summed E-state index contributed by atoms with van der Waals surface area (Å²) in [5.74, 6) is 0. The first-order valence-electron chi connectivity index (χ1n) is 7.60. The Morgan fingerprint density at radius 1 is 1.26 bits per heavy atom. The van der Waals surface area contributed by atoms with Gasteiger partial charge in [-0.25, -0.2) is 0 Å². The van der Waals surface area contributed by atoms with Crippen LogP contribution >= 0.6 is 0 Å². The number of hydrogen-bond donors (Lipinski definition) is 1. The van der Waals surface area contributed by atoms with Gasteiger partial charge < -0.3 is 5.32 Å². The Balaban J connectivity index is 1.94. The molecule has 2 rings (SSSR count). The molecule has 106 valence electrons. The van der Waals surface area contributed by atoms with Crippen LogP contribution in [0.5, 0.6) is 0 Å². The van der Waals surface area contributed by atoms with E-state index in [1.807, 2.05) is 0 Å². The molecule has 0 amide bonds. The molecule has 1 N–H and O–H groups in total. The molecule has 0 aromatic heterocycles. The number of nitrogens with one attached hydrogen (secondary N) is 1. The minimum Gasteiger partial charge on any atom is -0.313 e. The molecule has 2 nitrogen and oxygen atoms in total. The quantitative estimate of drug-likeness (QED) is 0.872. The molecule has 1 saturated heterocycles. The van der Waals surface area contributed by atoms with Gasteiger partial charge in [-0.05, 0) is 42.5 Å². The molecule has 1 aliphatic heterocycles. The monoisotopic (exact) mass is 260 g/mol. The van der Waals surface area contributed by atoms with Crippen molar-refractivity contribution >= 4 is 0 Å². The molecule has 0 bridgehead atoms. The van der Waals surface area contributed by atoms with Crippen LogP contribution in [0.1, 0.15) is 44.7 Å². The molecule has 0 atom stereocenters. The fourth-order valence-electron chi connectivity index (χ4n) is 3.05. The first kappa shape index (κ1) is 14.5. The lowest BCUT2D eigenvalue weighted by atomic mass is 9.84. The predicted molar refractivity (Wildman–Crippen MR) is 82.1 cm³/mol. The van der Waals surface area contributed by atoms with Crippen molar-refractivity contribution in [3.63, 3.8) is 0 Å².